The van der Waals surface area contributed by atoms with Gasteiger partial charge in [-0.15, -0.1) is 0 Å². The van der Waals surface area contributed by atoms with Gasteiger partial charge < -0.3 is 44.1 Å². The number of fused-ring (bicyclic) bond motifs is 1. The zero-order valence-corrected chi connectivity index (χ0v) is 25.5. The van der Waals surface area contributed by atoms with Gasteiger partial charge in [0.05, 0.1) is 36.9 Å². The van der Waals surface area contributed by atoms with Crippen LogP contribution < -0.4 is 17.0 Å². The number of pyridine rings is 1. The first-order valence-corrected chi connectivity index (χ1v) is 16.5. The number of H-pyrrole nitrogens is 1. The quantitative estimate of drug-likeness (QED) is 0.145. The van der Waals surface area contributed by atoms with Gasteiger partial charge in [0.2, 0.25) is 0 Å². The van der Waals surface area contributed by atoms with Crippen molar-refractivity contribution in [3.63, 3.8) is 0 Å². The molecule has 6 N–H and O–H groups in total. The number of nitrogens with one attached hydrogen (secondary N) is 1. The minimum absolute atomic E-state index is 0.00602. The number of imidazole rings is 1. The Hall–Kier alpha value is -3.35. The molecule has 0 amide bonds. The first-order chi connectivity index (χ1) is 21.6. The van der Waals surface area contributed by atoms with Crippen molar-refractivity contribution in [3.8, 4) is 11.1 Å². The highest BCUT2D eigenvalue weighted by Gasteiger charge is 2.47. The number of benzene rings is 1. The van der Waals surface area contributed by atoms with Crippen LogP contribution >= 0.6 is 6.72 Å². The average Bonchev–Trinajstić information content (AvgIpc) is 3.71. The van der Waals surface area contributed by atoms with E-state index in [1.807, 2.05) is 0 Å². The van der Waals surface area contributed by atoms with Gasteiger partial charge in [-0.05, 0) is 23.4 Å². The number of rotatable bonds is 10. The maximum atomic E-state index is 12.7. The van der Waals surface area contributed by atoms with Crippen molar-refractivity contribution in [1.82, 2.24) is 24.1 Å². The smallest absolute Gasteiger partial charge is 0.330 e. The molecule has 2 aliphatic rings. The van der Waals surface area contributed by atoms with Gasteiger partial charge in [0.25, 0.3) is 5.56 Å². The SMILES string of the molecule is CO[C@H]1C(O)[C@@H](COP(O)(=S)OC2C[C@H](n3cc(-c4ccccc4)c(=O)[nH]c3=O)O[C@@H]2CO)O[C@H]1n1cnc2c(N)ccnc21. The normalized spacial score (nSPS) is 28.0. The van der Waals surface area contributed by atoms with Gasteiger partial charge >= 0.3 is 12.4 Å². The number of anilines is 1. The van der Waals surface area contributed by atoms with Crippen molar-refractivity contribution < 1.29 is 38.4 Å². The van der Waals surface area contributed by atoms with E-state index in [0.29, 0.717) is 22.4 Å². The highest BCUT2D eigenvalue weighted by Crippen LogP contribution is 2.49. The molecular weight excluding hydrogens is 631 g/mol. The third-order valence-electron chi connectivity index (χ3n) is 7.74. The third kappa shape index (κ3) is 6.24. The molecule has 4 aromatic rings. The van der Waals surface area contributed by atoms with E-state index < -0.39 is 67.6 Å². The molecule has 5 heterocycles. The molecule has 2 fully saturated rings. The molecule has 0 radical (unpaired) electrons. The minimum atomic E-state index is -4.00. The molecular formula is C27H31N6O10PS. The van der Waals surface area contributed by atoms with Gasteiger partial charge in [-0.25, -0.2) is 14.8 Å². The van der Waals surface area contributed by atoms with E-state index in [9.17, 15) is 24.7 Å². The largest absolute Gasteiger partial charge is 0.397 e. The summed E-state index contributed by atoms with van der Waals surface area (Å²) in [6, 6.07) is 10.4. The monoisotopic (exact) mass is 662 g/mol. The topological polar surface area (TPSA) is 218 Å². The van der Waals surface area contributed by atoms with Gasteiger partial charge in [-0.3, -0.25) is 18.9 Å². The second kappa shape index (κ2) is 12.8. The number of methoxy groups -OCH3 is 1. The van der Waals surface area contributed by atoms with Crippen molar-refractivity contribution in [3.05, 3.63) is 76.0 Å². The number of aliphatic hydroxyl groups excluding tert-OH is 2. The zero-order valence-electron chi connectivity index (χ0n) is 23.8. The molecule has 3 unspecified atom stereocenters. The van der Waals surface area contributed by atoms with E-state index >= 15 is 0 Å². The van der Waals surface area contributed by atoms with Crippen molar-refractivity contribution in [1.29, 1.82) is 0 Å². The number of aliphatic hydroxyl groups is 2. The maximum Gasteiger partial charge on any atom is 0.330 e. The van der Waals surface area contributed by atoms with Crippen LogP contribution in [0.1, 0.15) is 18.9 Å². The van der Waals surface area contributed by atoms with E-state index in [4.69, 9.17) is 40.8 Å². The van der Waals surface area contributed by atoms with Crippen molar-refractivity contribution in [2.24, 2.45) is 0 Å². The van der Waals surface area contributed by atoms with Crippen LogP contribution in [0.5, 0.6) is 0 Å². The predicted molar refractivity (Wildman–Crippen MR) is 162 cm³/mol. The van der Waals surface area contributed by atoms with Crippen LogP contribution in [0.4, 0.5) is 5.69 Å². The zero-order chi connectivity index (χ0) is 31.9. The summed E-state index contributed by atoms with van der Waals surface area (Å²) in [6.07, 6.45) is -2.42. The summed E-state index contributed by atoms with van der Waals surface area (Å²) in [7, 11) is 1.41. The molecule has 240 valence electrons. The summed E-state index contributed by atoms with van der Waals surface area (Å²) in [6.45, 7) is -4.88. The standard InChI is InChI=1S/C27H31N6O10PS/c1-39-23-22(35)19(42-26(23)33-13-30-21-16(28)7-8-29-24(21)33)12-40-44(38,45)43-17-9-20(41-18(17)11-34)32-10-15(25(36)31-27(32)37)14-5-3-2-4-6-14/h2-8,10,13,17-20,22-23,26,34-35H,9,11-12H2,1H3,(H2,28,29)(H,38,45)(H,31,36,37)/t17?,18-,19-,20-,22?,23+,26-,44?/m1/s1. The second-order valence-electron chi connectivity index (χ2n) is 10.5. The van der Waals surface area contributed by atoms with Gasteiger partial charge in [0.1, 0.15) is 36.2 Å². The molecule has 3 aromatic heterocycles. The molecule has 1 aromatic carbocycles. The number of nitrogen functional groups attached to an aromatic ring is 1. The number of ether oxygens (including phenoxy) is 3. The highest BCUT2D eigenvalue weighted by molar-refractivity contribution is 8.07. The molecule has 0 bridgehead atoms. The number of nitrogens with two attached hydrogens (primary N) is 1. The predicted octanol–water partition coefficient (Wildman–Crippen LogP) is 0.402. The Balaban J connectivity index is 1.14. The van der Waals surface area contributed by atoms with Crippen LogP contribution in [0.15, 0.2) is 64.7 Å². The van der Waals surface area contributed by atoms with Gasteiger partial charge in [0.15, 0.2) is 11.9 Å². The Labute approximate surface area is 260 Å². The first kappa shape index (κ1) is 31.6. The Kier molecular flexibility index (Phi) is 9.00. The lowest BCUT2D eigenvalue weighted by atomic mass is 10.1. The van der Waals surface area contributed by atoms with E-state index in [0.717, 1.165) is 0 Å². The van der Waals surface area contributed by atoms with Crippen molar-refractivity contribution in [2.45, 2.75) is 49.4 Å². The number of nitrogens with zero attached hydrogens (tertiary/aromatic N) is 4. The Morgan fingerprint density at radius 2 is 1.93 bits per heavy atom. The van der Waals surface area contributed by atoms with Crippen LogP contribution in [0.25, 0.3) is 22.3 Å². The van der Waals surface area contributed by atoms with E-state index in [2.05, 4.69) is 15.0 Å². The molecule has 0 aliphatic carbocycles. The summed E-state index contributed by atoms with van der Waals surface area (Å²) in [4.78, 5) is 47.0. The van der Waals surface area contributed by atoms with Crippen LogP contribution in [-0.2, 0) is 35.1 Å². The van der Waals surface area contributed by atoms with Gasteiger partial charge in [-0.2, -0.15) is 0 Å². The lowest BCUT2D eigenvalue weighted by Crippen LogP contribution is -2.35. The molecule has 6 rings (SSSR count). The lowest BCUT2D eigenvalue weighted by molar-refractivity contribution is -0.0599. The van der Waals surface area contributed by atoms with Gasteiger partial charge in [0, 0.05) is 25.9 Å². The number of aromatic amines is 1. The minimum Gasteiger partial charge on any atom is -0.397 e. The fraction of sp³-hybridized carbons (Fsp3) is 0.407. The Morgan fingerprint density at radius 1 is 1.16 bits per heavy atom. The van der Waals surface area contributed by atoms with Crippen LogP contribution in [0.3, 0.4) is 0 Å². The maximum absolute atomic E-state index is 12.7. The highest BCUT2D eigenvalue weighted by atomic mass is 32.5. The molecule has 45 heavy (non-hydrogen) atoms. The summed E-state index contributed by atoms with van der Waals surface area (Å²) in [5.41, 5.74) is 6.84. The lowest BCUT2D eigenvalue weighted by Gasteiger charge is -2.24. The molecule has 16 nitrogen and oxygen atoms in total. The van der Waals surface area contributed by atoms with Crippen LogP contribution in [-0.4, -0.2) is 90.0 Å². The molecule has 2 saturated heterocycles. The van der Waals surface area contributed by atoms with Crippen molar-refractivity contribution >= 4 is 35.4 Å². The number of hydrogen-bond donors (Lipinski definition) is 5. The van der Waals surface area contributed by atoms with Gasteiger partial charge in [-0.1, -0.05) is 30.3 Å². The summed E-state index contributed by atoms with van der Waals surface area (Å²) in [5, 5.41) is 20.9. The van der Waals surface area contributed by atoms with Crippen LogP contribution in [0.2, 0.25) is 0 Å². The second-order valence-corrected chi connectivity index (χ2v) is 13.3. The Bertz CT molecular complexity index is 1840. The third-order valence-corrected chi connectivity index (χ3v) is 9.33. The molecule has 18 heteroatoms. The summed E-state index contributed by atoms with van der Waals surface area (Å²) < 4.78 is 31.5. The van der Waals surface area contributed by atoms with Crippen molar-refractivity contribution in [2.75, 3.05) is 26.1 Å². The van der Waals surface area contributed by atoms with E-state index in [1.165, 1.54) is 30.4 Å². The average molecular weight is 663 g/mol. The number of hydrogen-bond acceptors (Lipinski definition) is 13. The fourth-order valence-electron chi connectivity index (χ4n) is 5.51. The first-order valence-electron chi connectivity index (χ1n) is 13.9. The number of aromatic nitrogens is 5. The molecule has 2 aliphatic heterocycles. The van der Waals surface area contributed by atoms with Crippen LogP contribution in [0, 0.1) is 0 Å². The Morgan fingerprint density at radius 3 is 2.67 bits per heavy atom. The molecule has 0 spiro atoms. The molecule has 0 saturated carbocycles. The summed E-state index contributed by atoms with van der Waals surface area (Å²) in [5.74, 6) is 0. The van der Waals surface area contributed by atoms with E-state index in [1.54, 1.807) is 41.0 Å². The fourth-order valence-corrected chi connectivity index (χ4v) is 6.99. The molecule has 8 atom stereocenters. The van der Waals surface area contributed by atoms with E-state index in [-0.39, 0.29) is 18.6 Å². The summed E-state index contributed by atoms with van der Waals surface area (Å²) >= 11 is 5.24.